The van der Waals surface area contributed by atoms with E-state index in [9.17, 15) is 22.4 Å². The van der Waals surface area contributed by atoms with Gasteiger partial charge in [-0.1, -0.05) is 18.2 Å². The third-order valence-corrected chi connectivity index (χ3v) is 5.29. The molecule has 0 amide bonds. The number of nitrogens with zero attached hydrogens (tertiary/aromatic N) is 2. The standard InChI is InChI=1S/C22H19F4N3O2/c1-31-16-7-4-14(18(23)10-16)11-29-9-8-17-19(12-29)27-20(28-21(17)30)13-2-5-15(6-3-13)22(24,25)26/h2-7,10H,8-9,11-12H2,1H3,(H,27,28,30). The van der Waals surface area contributed by atoms with Gasteiger partial charge >= 0.3 is 6.18 Å². The largest absolute Gasteiger partial charge is 0.497 e. The van der Waals surface area contributed by atoms with Crippen LogP contribution in [-0.4, -0.2) is 28.5 Å². The van der Waals surface area contributed by atoms with Crippen LogP contribution in [0.2, 0.25) is 0 Å². The number of ether oxygens (including phenoxy) is 1. The van der Waals surface area contributed by atoms with Gasteiger partial charge < -0.3 is 9.72 Å². The molecule has 0 radical (unpaired) electrons. The molecule has 3 aromatic rings. The molecule has 0 saturated carbocycles. The normalized spacial score (nSPS) is 14.4. The fourth-order valence-electron chi connectivity index (χ4n) is 3.61. The van der Waals surface area contributed by atoms with Crippen molar-refractivity contribution in [1.29, 1.82) is 0 Å². The van der Waals surface area contributed by atoms with Crippen LogP contribution in [-0.2, 0) is 25.7 Å². The highest BCUT2D eigenvalue weighted by Gasteiger charge is 2.30. The minimum atomic E-state index is -4.44. The number of methoxy groups -OCH3 is 1. The number of benzene rings is 2. The minimum Gasteiger partial charge on any atom is -0.497 e. The summed E-state index contributed by atoms with van der Waals surface area (Å²) in [6, 6.07) is 9.12. The molecule has 0 fully saturated rings. The van der Waals surface area contributed by atoms with Crippen molar-refractivity contribution < 1.29 is 22.3 Å². The second-order valence-electron chi connectivity index (χ2n) is 7.33. The molecule has 0 saturated heterocycles. The van der Waals surface area contributed by atoms with E-state index in [0.717, 1.165) is 12.1 Å². The first kappa shape index (κ1) is 21.0. The van der Waals surface area contributed by atoms with Gasteiger partial charge in [0.15, 0.2) is 0 Å². The third-order valence-electron chi connectivity index (χ3n) is 5.29. The van der Waals surface area contributed by atoms with Gasteiger partial charge in [0.25, 0.3) is 5.56 Å². The van der Waals surface area contributed by atoms with Crippen molar-refractivity contribution in [2.75, 3.05) is 13.7 Å². The number of rotatable bonds is 4. The number of aromatic amines is 1. The number of hydrogen-bond acceptors (Lipinski definition) is 4. The summed E-state index contributed by atoms with van der Waals surface area (Å²) >= 11 is 0. The van der Waals surface area contributed by atoms with E-state index in [-0.39, 0.29) is 17.2 Å². The molecule has 0 unspecified atom stereocenters. The van der Waals surface area contributed by atoms with Gasteiger partial charge in [-0.15, -0.1) is 0 Å². The van der Waals surface area contributed by atoms with E-state index >= 15 is 0 Å². The summed E-state index contributed by atoms with van der Waals surface area (Å²) < 4.78 is 57.7. The molecule has 0 atom stereocenters. The molecule has 1 aliphatic rings. The van der Waals surface area contributed by atoms with Gasteiger partial charge in [-0.25, -0.2) is 9.37 Å². The van der Waals surface area contributed by atoms with Crippen molar-refractivity contribution in [2.24, 2.45) is 0 Å². The molecule has 1 aromatic heterocycles. The lowest BCUT2D eigenvalue weighted by Crippen LogP contribution is -2.35. The fourth-order valence-corrected chi connectivity index (χ4v) is 3.61. The number of hydrogen-bond donors (Lipinski definition) is 1. The SMILES string of the molecule is COc1ccc(CN2CCc3c(nc(-c4ccc(C(F)(F)F)cc4)[nH]c3=O)C2)c(F)c1. The molecule has 5 nitrogen and oxygen atoms in total. The molecule has 0 bridgehead atoms. The van der Waals surface area contributed by atoms with E-state index in [1.54, 1.807) is 12.1 Å². The van der Waals surface area contributed by atoms with Crippen LogP contribution in [0.1, 0.15) is 22.4 Å². The van der Waals surface area contributed by atoms with E-state index in [2.05, 4.69) is 9.97 Å². The third kappa shape index (κ3) is 4.46. The molecule has 0 spiro atoms. The quantitative estimate of drug-likeness (QED) is 0.628. The minimum absolute atomic E-state index is 0.204. The molecular weight excluding hydrogens is 414 g/mol. The Morgan fingerprint density at radius 1 is 1.16 bits per heavy atom. The van der Waals surface area contributed by atoms with Crippen LogP contribution >= 0.6 is 0 Å². The van der Waals surface area contributed by atoms with Crippen LogP contribution < -0.4 is 10.3 Å². The smallest absolute Gasteiger partial charge is 0.416 e. The van der Waals surface area contributed by atoms with Crippen molar-refractivity contribution in [3.63, 3.8) is 0 Å². The van der Waals surface area contributed by atoms with Gasteiger partial charge in [0.05, 0.1) is 18.4 Å². The number of H-pyrrole nitrogens is 1. The van der Waals surface area contributed by atoms with E-state index in [0.29, 0.717) is 54.2 Å². The summed E-state index contributed by atoms with van der Waals surface area (Å²) in [5, 5.41) is 0. The first-order chi connectivity index (χ1) is 14.7. The molecular formula is C22H19F4N3O2. The zero-order chi connectivity index (χ0) is 22.2. The molecule has 2 heterocycles. The lowest BCUT2D eigenvalue weighted by Gasteiger charge is -2.28. The first-order valence-corrected chi connectivity index (χ1v) is 9.59. The van der Waals surface area contributed by atoms with E-state index in [1.165, 1.54) is 25.3 Å². The zero-order valence-electron chi connectivity index (χ0n) is 16.6. The van der Waals surface area contributed by atoms with Crippen molar-refractivity contribution in [3.8, 4) is 17.1 Å². The van der Waals surface area contributed by atoms with Crippen LogP contribution in [0.25, 0.3) is 11.4 Å². The molecule has 162 valence electrons. The number of alkyl halides is 3. The predicted molar refractivity (Wildman–Crippen MR) is 106 cm³/mol. The van der Waals surface area contributed by atoms with Gasteiger partial charge in [-0.2, -0.15) is 13.2 Å². The Morgan fingerprint density at radius 3 is 2.55 bits per heavy atom. The molecule has 0 aliphatic carbocycles. The van der Waals surface area contributed by atoms with Crippen LogP contribution in [0, 0.1) is 5.82 Å². The van der Waals surface area contributed by atoms with E-state index < -0.39 is 11.7 Å². The summed E-state index contributed by atoms with van der Waals surface area (Å²) in [6.07, 6.45) is -3.99. The molecule has 9 heteroatoms. The Hall–Kier alpha value is -3.20. The van der Waals surface area contributed by atoms with Crippen LogP contribution in [0.3, 0.4) is 0 Å². The molecule has 2 aromatic carbocycles. The summed E-state index contributed by atoms with van der Waals surface area (Å²) in [4.78, 5) is 21.6. The highest BCUT2D eigenvalue weighted by molar-refractivity contribution is 5.56. The Kier molecular flexibility index (Phi) is 5.53. The second kappa shape index (κ2) is 8.14. The Balaban J connectivity index is 1.58. The van der Waals surface area contributed by atoms with Crippen LogP contribution in [0.4, 0.5) is 17.6 Å². The number of halogens is 4. The lowest BCUT2D eigenvalue weighted by molar-refractivity contribution is -0.137. The maximum Gasteiger partial charge on any atom is 0.416 e. The van der Waals surface area contributed by atoms with Gasteiger partial charge in [0.1, 0.15) is 17.4 Å². The monoisotopic (exact) mass is 433 g/mol. The average molecular weight is 433 g/mol. The van der Waals surface area contributed by atoms with Gasteiger partial charge in [-0.3, -0.25) is 9.69 Å². The average Bonchev–Trinajstić information content (AvgIpc) is 2.74. The predicted octanol–water partition coefficient (Wildman–Crippen LogP) is 4.16. The highest BCUT2D eigenvalue weighted by atomic mass is 19.4. The molecule has 1 aliphatic heterocycles. The van der Waals surface area contributed by atoms with Crippen LogP contribution in [0.15, 0.2) is 47.3 Å². The summed E-state index contributed by atoms with van der Waals surface area (Å²) in [5.74, 6) is 0.254. The number of fused-ring (bicyclic) bond motifs is 1. The van der Waals surface area contributed by atoms with Gasteiger partial charge in [0.2, 0.25) is 0 Å². The number of aromatic nitrogens is 2. The summed E-state index contributed by atoms with van der Waals surface area (Å²) in [7, 11) is 1.47. The fraction of sp³-hybridized carbons (Fsp3) is 0.273. The Bertz CT molecular complexity index is 1160. The number of nitrogens with one attached hydrogen (secondary N) is 1. The van der Waals surface area contributed by atoms with Crippen LogP contribution in [0.5, 0.6) is 5.75 Å². The van der Waals surface area contributed by atoms with Gasteiger partial charge in [0, 0.05) is 42.4 Å². The Labute approximate surface area is 175 Å². The molecule has 1 N–H and O–H groups in total. The maximum atomic E-state index is 14.3. The maximum absolute atomic E-state index is 14.3. The van der Waals surface area contributed by atoms with E-state index in [4.69, 9.17) is 4.74 Å². The van der Waals surface area contributed by atoms with Crippen molar-refractivity contribution in [1.82, 2.24) is 14.9 Å². The molecule has 31 heavy (non-hydrogen) atoms. The Morgan fingerprint density at radius 2 is 1.90 bits per heavy atom. The molecule has 4 rings (SSSR count). The topological polar surface area (TPSA) is 58.2 Å². The van der Waals surface area contributed by atoms with Crippen molar-refractivity contribution in [3.05, 3.63) is 81.0 Å². The van der Waals surface area contributed by atoms with Crippen molar-refractivity contribution in [2.45, 2.75) is 25.7 Å². The van der Waals surface area contributed by atoms with Gasteiger partial charge in [-0.05, 0) is 24.6 Å². The first-order valence-electron chi connectivity index (χ1n) is 9.59. The highest BCUT2D eigenvalue weighted by Crippen LogP contribution is 2.30. The lowest BCUT2D eigenvalue weighted by atomic mass is 10.0. The second-order valence-corrected chi connectivity index (χ2v) is 7.33. The summed E-state index contributed by atoms with van der Waals surface area (Å²) in [6.45, 7) is 1.22. The van der Waals surface area contributed by atoms with Crippen molar-refractivity contribution >= 4 is 0 Å². The van der Waals surface area contributed by atoms with E-state index in [1.807, 2.05) is 4.90 Å². The zero-order valence-corrected chi connectivity index (χ0v) is 16.6. The summed E-state index contributed by atoms with van der Waals surface area (Å²) in [5.41, 5.74) is 0.878.